The van der Waals surface area contributed by atoms with Crippen LogP contribution in [0.25, 0.3) is 0 Å². The Morgan fingerprint density at radius 3 is 1.29 bits per heavy atom. The molecule has 0 amide bonds. The topological polar surface area (TPSA) is 29.6 Å². The molecular formula is C19H11Cl6N3. The van der Waals surface area contributed by atoms with Crippen molar-refractivity contribution >= 4 is 93.4 Å². The molecule has 0 atom stereocenters. The molecule has 28 heavy (non-hydrogen) atoms. The molecule has 0 aliphatic rings. The van der Waals surface area contributed by atoms with Crippen LogP contribution in [-0.4, -0.2) is 17.0 Å². The van der Waals surface area contributed by atoms with E-state index >= 15 is 0 Å². The van der Waals surface area contributed by atoms with E-state index in [1.54, 1.807) is 36.7 Å². The molecule has 0 bridgehead atoms. The van der Waals surface area contributed by atoms with Gasteiger partial charge in [0.2, 0.25) is 0 Å². The predicted octanol–water partition coefficient (Wildman–Crippen LogP) is 8.45. The molecule has 1 aromatic heterocycles. The van der Waals surface area contributed by atoms with Gasteiger partial charge in [0.15, 0.2) is 0 Å². The van der Waals surface area contributed by atoms with Crippen LogP contribution >= 0.6 is 69.6 Å². The summed E-state index contributed by atoms with van der Waals surface area (Å²) in [4.78, 5) is 8.75. The molecule has 0 aliphatic heterocycles. The van der Waals surface area contributed by atoms with Crippen LogP contribution in [0.1, 0.15) is 11.4 Å². The van der Waals surface area contributed by atoms with Crippen LogP contribution in [0, 0.1) is 0 Å². The van der Waals surface area contributed by atoms with Gasteiger partial charge in [-0.1, -0.05) is 69.6 Å². The lowest BCUT2D eigenvalue weighted by molar-refractivity contribution is 0.909. The van der Waals surface area contributed by atoms with Crippen molar-refractivity contribution in [2.24, 2.45) is 17.0 Å². The second-order valence-corrected chi connectivity index (χ2v) is 8.20. The maximum Gasteiger partial charge on any atom is 0.100 e. The van der Waals surface area contributed by atoms with Gasteiger partial charge in [0.25, 0.3) is 0 Å². The lowest BCUT2D eigenvalue weighted by Gasteiger charge is -2.04. The molecule has 0 saturated carbocycles. The van der Waals surface area contributed by atoms with Crippen molar-refractivity contribution in [1.29, 1.82) is 0 Å². The number of nitrogens with zero attached hydrogens (tertiary/aromatic N) is 3. The van der Waals surface area contributed by atoms with E-state index in [2.05, 4.69) is 9.98 Å². The Labute approximate surface area is 192 Å². The van der Waals surface area contributed by atoms with E-state index in [9.17, 15) is 0 Å². The van der Waals surface area contributed by atoms with Crippen LogP contribution in [0.2, 0.25) is 30.1 Å². The normalized spacial score (nSPS) is 11.8. The van der Waals surface area contributed by atoms with Gasteiger partial charge in [0.1, 0.15) is 11.4 Å². The quantitative estimate of drug-likeness (QED) is 0.326. The van der Waals surface area contributed by atoms with Crippen LogP contribution in [-0.2, 0) is 7.05 Å². The summed E-state index contributed by atoms with van der Waals surface area (Å²) in [7, 11) is 1.87. The van der Waals surface area contributed by atoms with E-state index in [-0.39, 0.29) is 0 Å². The number of aliphatic imine (C=N–C) groups is 2. The summed E-state index contributed by atoms with van der Waals surface area (Å²) >= 11 is 36.5. The maximum atomic E-state index is 6.16. The van der Waals surface area contributed by atoms with Gasteiger partial charge >= 0.3 is 0 Å². The van der Waals surface area contributed by atoms with Crippen molar-refractivity contribution in [3.05, 3.63) is 77.9 Å². The molecular weight excluding hydrogens is 483 g/mol. The van der Waals surface area contributed by atoms with Gasteiger partial charge in [-0.25, -0.2) is 0 Å². The van der Waals surface area contributed by atoms with Crippen molar-refractivity contribution in [1.82, 2.24) is 4.57 Å². The fourth-order valence-electron chi connectivity index (χ4n) is 2.38. The first kappa shape index (κ1) is 21.5. The Bertz CT molecular complexity index is 970. The summed E-state index contributed by atoms with van der Waals surface area (Å²) < 4.78 is 1.89. The molecule has 3 rings (SSSR count). The standard InChI is InChI=1S/C19H11Cl6N3/c1-28-12(8-26-18-14(22)4-10(20)5-15(18)23)2-3-13(28)9-27-19-16(24)6-11(21)7-17(19)25/h2-9H,1H3. The SMILES string of the molecule is Cn1c(C=Nc2c(Cl)cc(Cl)cc2Cl)ccc1C=Nc1c(Cl)cc(Cl)cc1Cl. The summed E-state index contributed by atoms with van der Waals surface area (Å²) in [5, 5.41) is 2.39. The van der Waals surface area contributed by atoms with Crippen LogP contribution < -0.4 is 0 Å². The number of rotatable bonds is 4. The highest BCUT2D eigenvalue weighted by atomic mass is 35.5. The minimum Gasteiger partial charge on any atom is -0.342 e. The molecule has 0 spiro atoms. The molecule has 0 N–H and O–H groups in total. The van der Waals surface area contributed by atoms with Gasteiger partial charge < -0.3 is 4.57 Å². The van der Waals surface area contributed by atoms with Gasteiger partial charge in [-0.05, 0) is 36.4 Å². The Morgan fingerprint density at radius 2 is 0.964 bits per heavy atom. The molecule has 0 aliphatic carbocycles. The molecule has 0 fully saturated rings. The zero-order valence-corrected chi connectivity index (χ0v) is 18.8. The largest absolute Gasteiger partial charge is 0.342 e. The molecule has 144 valence electrons. The average Bonchev–Trinajstić information content (AvgIpc) is 2.93. The Balaban J connectivity index is 1.87. The second kappa shape index (κ2) is 9.08. The van der Waals surface area contributed by atoms with Gasteiger partial charge in [0, 0.05) is 17.1 Å². The van der Waals surface area contributed by atoms with Crippen molar-refractivity contribution < 1.29 is 0 Å². The van der Waals surface area contributed by atoms with Gasteiger partial charge in [0.05, 0.1) is 43.9 Å². The van der Waals surface area contributed by atoms with Gasteiger partial charge in [-0.2, -0.15) is 0 Å². The third kappa shape index (κ3) is 4.85. The van der Waals surface area contributed by atoms with Crippen LogP contribution in [0.3, 0.4) is 0 Å². The van der Waals surface area contributed by atoms with E-state index in [0.29, 0.717) is 41.5 Å². The summed E-state index contributed by atoms with van der Waals surface area (Å²) in [5.41, 5.74) is 2.53. The maximum absolute atomic E-state index is 6.16. The average molecular weight is 494 g/mol. The number of halogens is 6. The number of benzene rings is 2. The number of hydrogen-bond acceptors (Lipinski definition) is 2. The van der Waals surface area contributed by atoms with Crippen LogP contribution in [0.4, 0.5) is 11.4 Å². The molecule has 0 saturated heterocycles. The molecule has 2 aromatic carbocycles. The smallest absolute Gasteiger partial charge is 0.100 e. The Morgan fingerprint density at radius 1 is 0.643 bits per heavy atom. The van der Waals surface area contributed by atoms with E-state index < -0.39 is 0 Å². The molecule has 9 heteroatoms. The molecule has 3 nitrogen and oxygen atoms in total. The molecule has 0 radical (unpaired) electrons. The third-order valence-electron chi connectivity index (χ3n) is 3.81. The Hall–Kier alpha value is -1.20. The monoisotopic (exact) mass is 491 g/mol. The summed E-state index contributed by atoms with van der Waals surface area (Å²) in [5.74, 6) is 0. The van der Waals surface area contributed by atoms with Crippen molar-refractivity contribution in [3.8, 4) is 0 Å². The van der Waals surface area contributed by atoms with Crippen LogP contribution in [0.5, 0.6) is 0 Å². The first-order valence-corrected chi connectivity index (χ1v) is 10.1. The highest BCUT2D eigenvalue weighted by Gasteiger charge is 2.09. The highest BCUT2D eigenvalue weighted by Crippen LogP contribution is 2.37. The lowest BCUT2D eigenvalue weighted by atomic mass is 10.3. The first-order chi connectivity index (χ1) is 13.3. The van der Waals surface area contributed by atoms with Gasteiger partial charge in [-0.15, -0.1) is 0 Å². The molecule has 1 heterocycles. The highest BCUT2D eigenvalue weighted by molar-refractivity contribution is 6.42. The third-order valence-corrected chi connectivity index (χ3v) is 5.40. The van der Waals surface area contributed by atoms with E-state index in [1.165, 1.54) is 0 Å². The molecule has 3 aromatic rings. The fraction of sp³-hybridized carbons (Fsp3) is 0.0526. The summed E-state index contributed by atoms with van der Waals surface area (Å²) in [6, 6.07) is 10.1. The molecule has 0 unspecified atom stereocenters. The zero-order valence-electron chi connectivity index (χ0n) is 14.2. The van der Waals surface area contributed by atoms with Crippen molar-refractivity contribution in [3.63, 3.8) is 0 Å². The Kier molecular flexibility index (Phi) is 6.98. The minimum absolute atomic E-state index is 0.372. The first-order valence-electron chi connectivity index (χ1n) is 7.79. The minimum atomic E-state index is 0.372. The zero-order chi connectivity index (χ0) is 20.4. The van der Waals surface area contributed by atoms with Crippen LogP contribution in [0.15, 0.2) is 46.4 Å². The number of hydrogen-bond donors (Lipinski definition) is 0. The number of aromatic nitrogens is 1. The predicted molar refractivity (Wildman–Crippen MR) is 123 cm³/mol. The van der Waals surface area contributed by atoms with E-state index in [4.69, 9.17) is 69.6 Å². The van der Waals surface area contributed by atoms with E-state index in [0.717, 1.165) is 11.4 Å². The summed E-state index contributed by atoms with van der Waals surface area (Å²) in [6.07, 6.45) is 3.31. The van der Waals surface area contributed by atoms with Gasteiger partial charge in [-0.3, -0.25) is 9.98 Å². The van der Waals surface area contributed by atoms with E-state index in [1.807, 2.05) is 23.7 Å². The summed E-state index contributed by atoms with van der Waals surface area (Å²) in [6.45, 7) is 0. The van der Waals surface area contributed by atoms with Crippen molar-refractivity contribution in [2.75, 3.05) is 0 Å². The second-order valence-electron chi connectivity index (χ2n) is 5.69. The van der Waals surface area contributed by atoms with Crippen molar-refractivity contribution in [2.45, 2.75) is 0 Å². The fourth-order valence-corrected chi connectivity index (χ4v) is 4.21. The lowest BCUT2D eigenvalue weighted by Crippen LogP contribution is -1.99.